The third kappa shape index (κ3) is 5.17. The highest BCUT2D eigenvalue weighted by molar-refractivity contribution is 9.10. The zero-order valence-electron chi connectivity index (χ0n) is 16.3. The number of thiazole rings is 1. The maximum atomic E-state index is 13.2. The Hall–Kier alpha value is -2.62. The molecule has 4 rings (SSSR count). The lowest BCUT2D eigenvalue weighted by Gasteiger charge is -2.19. The van der Waals surface area contributed by atoms with E-state index in [-0.39, 0.29) is 29.5 Å². The number of amides is 1. The second kappa shape index (κ2) is 9.25. The first-order valence-corrected chi connectivity index (χ1v) is 12.7. The first-order chi connectivity index (χ1) is 14.9. The van der Waals surface area contributed by atoms with Crippen molar-refractivity contribution in [2.24, 2.45) is 0 Å². The number of aromatic nitrogens is 2. The Bertz CT molecular complexity index is 1310. The van der Waals surface area contributed by atoms with Crippen molar-refractivity contribution in [3.63, 3.8) is 0 Å². The van der Waals surface area contributed by atoms with E-state index in [0.717, 1.165) is 14.7 Å². The van der Waals surface area contributed by atoms with E-state index in [1.54, 1.807) is 30.5 Å². The number of nitrogens with zero attached hydrogens (tertiary/aromatic N) is 3. The van der Waals surface area contributed by atoms with Gasteiger partial charge in [0.2, 0.25) is 5.91 Å². The van der Waals surface area contributed by atoms with Gasteiger partial charge in [0.25, 0.3) is 0 Å². The number of hydrogen-bond acceptors (Lipinski definition) is 6. The molecule has 6 nitrogen and oxygen atoms in total. The third-order valence-corrected chi connectivity index (χ3v) is 7.87. The largest absolute Gasteiger partial charge is 0.282 e. The molecule has 0 aliphatic rings. The van der Waals surface area contributed by atoms with Gasteiger partial charge in [-0.2, -0.15) is 0 Å². The molecular weight excluding hydrogens is 498 g/mol. The van der Waals surface area contributed by atoms with Gasteiger partial charge in [-0.1, -0.05) is 51.5 Å². The van der Waals surface area contributed by atoms with Crippen molar-refractivity contribution in [2.75, 3.05) is 10.7 Å². The van der Waals surface area contributed by atoms with E-state index in [2.05, 4.69) is 25.9 Å². The van der Waals surface area contributed by atoms with Gasteiger partial charge in [-0.15, -0.1) is 0 Å². The minimum atomic E-state index is -3.56. The summed E-state index contributed by atoms with van der Waals surface area (Å²) < 4.78 is 27.1. The Labute approximate surface area is 192 Å². The van der Waals surface area contributed by atoms with Gasteiger partial charge in [0.1, 0.15) is 0 Å². The van der Waals surface area contributed by atoms with Crippen LogP contribution in [-0.2, 0) is 21.2 Å². The summed E-state index contributed by atoms with van der Waals surface area (Å²) in [5.74, 6) is -0.589. The number of carbonyl (C=O) groups excluding carboxylic acids is 1. The minimum absolute atomic E-state index is 0.149. The molecule has 158 valence electrons. The van der Waals surface area contributed by atoms with E-state index in [1.165, 1.54) is 28.4 Å². The average molecular weight is 516 g/mol. The summed E-state index contributed by atoms with van der Waals surface area (Å²) in [7, 11) is -3.56. The summed E-state index contributed by atoms with van der Waals surface area (Å²) in [5, 5.41) is 0.515. The van der Waals surface area contributed by atoms with Gasteiger partial charge in [0.05, 0.1) is 33.1 Å². The molecular formula is C22H18BrN3O3S2. The highest BCUT2D eigenvalue weighted by Crippen LogP contribution is 2.32. The van der Waals surface area contributed by atoms with E-state index < -0.39 is 9.84 Å². The first kappa shape index (κ1) is 21.6. The molecule has 0 atom stereocenters. The molecule has 1 amide bonds. The fourth-order valence-electron chi connectivity index (χ4n) is 3.02. The fraction of sp³-hybridized carbons (Fsp3) is 0.136. The summed E-state index contributed by atoms with van der Waals surface area (Å²) in [5.41, 5.74) is 1.47. The highest BCUT2D eigenvalue weighted by Gasteiger charge is 2.24. The molecule has 0 aliphatic carbocycles. The number of hydrogen-bond donors (Lipinski definition) is 0. The van der Waals surface area contributed by atoms with Crippen LogP contribution in [0.1, 0.15) is 12.1 Å². The predicted molar refractivity (Wildman–Crippen MR) is 126 cm³/mol. The molecule has 9 heteroatoms. The Morgan fingerprint density at radius 1 is 1.03 bits per heavy atom. The van der Waals surface area contributed by atoms with Crippen molar-refractivity contribution in [3.05, 3.63) is 83.1 Å². The number of fused-ring (bicyclic) bond motifs is 1. The molecule has 0 spiro atoms. The maximum absolute atomic E-state index is 13.2. The number of carbonyl (C=O) groups is 1. The second-order valence-corrected chi connectivity index (χ2v) is 10.8. The van der Waals surface area contributed by atoms with Crippen molar-refractivity contribution in [1.29, 1.82) is 0 Å². The van der Waals surface area contributed by atoms with Crippen LogP contribution in [0.25, 0.3) is 10.2 Å². The number of benzene rings is 2. The van der Waals surface area contributed by atoms with Gasteiger partial charge in [-0.05, 0) is 42.5 Å². The Morgan fingerprint density at radius 2 is 1.81 bits per heavy atom. The minimum Gasteiger partial charge on any atom is -0.282 e. The summed E-state index contributed by atoms with van der Waals surface area (Å²) >= 11 is 4.84. The molecule has 2 aromatic carbocycles. The number of halogens is 1. The standard InChI is InChI=1S/C22H18BrN3O3S2/c23-16-9-10-19-20(14-16)30-22(25-19)26(15-17-6-4-5-12-24-17)21(27)11-13-31(28,29)18-7-2-1-3-8-18/h1-10,12,14H,11,13,15H2. The number of rotatable bonds is 7. The molecule has 0 N–H and O–H groups in total. The van der Waals surface area contributed by atoms with Crippen molar-refractivity contribution >= 4 is 58.4 Å². The number of anilines is 1. The third-order valence-electron chi connectivity index (χ3n) is 4.60. The second-order valence-electron chi connectivity index (χ2n) is 6.79. The topological polar surface area (TPSA) is 80.2 Å². The Morgan fingerprint density at radius 3 is 2.55 bits per heavy atom. The smallest absolute Gasteiger partial charge is 0.230 e. The van der Waals surface area contributed by atoms with Crippen molar-refractivity contribution in [3.8, 4) is 0 Å². The molecule has 0 saturated carbocycles. The van der Waals surface area contributed by atoms with Crippen LogP contribution in [0, 0.1) is 0 Å². The van der Waals surface area contributed by atoms with Crippen LogP contribution in [0.4, 0.5) is 5.13 Å². The Kier molecular flexibility index (Phi) is 6.45. The van der Waals surface area contributed by atoms with Crippen molar-refractivity contribution < 1.29 is 13.2 Å². The molecule has 0 fully saturated rings. The number of sulfone groups is 1. The summed E-state index contributed by atoms with van der Waals surface area (Å²) in [6.45, 7) is 0.214. The van der Waals surface area contributed by atoms with Crippen LogP contribution < -0.4 is 4.90 Å². The number of pyridine rings is 1. The maximum Gasteiger partial charge on any atom is 0.230 e. The van der Waals surface area contributed by atoms with Gasteiger partial charge in [-0.3, -0.25) is 14.7 Å². The van der Waals surface area contributed by atoms with E-state index in [4.69, 9.17) is 0 Å². The van der Waals surface area contributed by atoms with Crippen LogP contribution in [0.5, 0.6) is 0 Å². The van der Waals surface area contributed by atoms with E-state index >= 15 is 0 Å². The zero-order chi connectivity index (χ0) is 21.8. The molecule has 31 heavy (non-hydrogen) atoms. The van der Waals surface area contributed by atoms with Gasteiger partial charge >= 0.3 is 0 Å². The van der Waals surface area contributed by atoms with Crippen LogP contribution >= 0.6 is 27.3 Å². The molecule has 0 saturated heterocycles. The zero-order valence-corrected chi connectivity index (χ0v) is 19.5. The van der Waals surface area contributed by atoms with E-state index in [9.17, 15) is 13.2 Å². The molecule has 0 unspecified atom stereocenters. The average Bonchev–Trinajstić information content (AvgIpc) is 3.20. The first-order valence-electron chi connectivity index (χ1n) is 9.46. The molecule has 2 heterocycles. The van der Waals surface area contributed by atoms with Crippen molar-refractivity contribution in [2.45, 2.75) is 17.9 Å². The van der Waals surface area contributed by atoms with Crippen LogP contribution in [0.3, 0.4) is 0 Å². The monoisotopic (exact) mass is 515 g/mol. The van der Waals surface area contributed by atoms with E-state index in [1.807, 2.05) is 30.3 Å². The van der Waals surface area contributed by atoms with Crippen LogP contribution in [0.15, 0.2) is 82.3 Å². The van der Waals surface area contributed by atoms with Gasteiger partial charge < -0.3 is 0 Å². The lowest BCUT2D eigenvalue weighted by molar-refractivity contribution is -0.118. The molecule has 2 aromatic heterocycles. The molecule has 4 aromatic rings. The lowest BCUT2D eigenvalue weighted by atomic mass is 10.3. The van der Waals surface area contributed by atoms with Crippen LogP contribution in [0.2, 0.25) is 0 Å². The Balaban J connectivity index is 1.61. The van der Waals surface area contributed by atoms with Gasteiger partial charge in [0.15, 0.2) is 15.0 Å². The van der Waals surface area contributed by atoms with Gasteiger partial charge in [-0.25, -0.2) is 13.4 Å². The van der Waals surface area contributed by atoms with Crippen LogP contribution in [-0.4, -0.2) is 30.0 Å². The molecule has 0 radical (unpaired) electrons. The molecule has 0 bridgehead atoms. The SMILES string of the molecule is O=C(CCS(=O)(=O)c1ccccc1)N(Cc1ccccn1)c1nc2ccc(Br)cc2s1. The van der Waals surface area contributed by atoms with E-state index in [0.29, 0.717) is 10.8 Å². The summed E-state index contributed by atoms with van der Waals surface area (Å²) in [6.07, 6.45) is 1.51. The highest BCUT2D eigenvalue weighted by atomic mass is 79.9. The lowest BCUT2D eigenvalue weighted by Crippen LogP contribution is -2.32. The predicted octanol–water partition coefficient (Wildman–Crippen LogP) is 4.85. The van der Waals surface area contributed by atoms with Crippen molar-refractivity contribution in [1.82, 2.24) is 9.97 Å². The van der Waals surface area contributed by atoms with Gasteiger partial charge in [0, 0.05) is 17.1 Å². The molecule has 0 aliphatic heterocycles. The summed E-state index contributed by atoms with van der Waals surface area (Å²) in [4.78, 5) is 23.8. The fourth-order valence-corrected chi connectivity index (χ4v) is 5.81. The normalized spacial score (nSPS) is 11.5. The summed E-state index contributed by atoms with van der Waals surface area (Å²) in [6, 6.07) is 19.4. The quantitative estimate of drug-likeness (QED) is 0.351.